The molecule has 0 saturated heterocycles. The largest absolute Gasteiger partial charge is 0.456 e. The zero-order chi connectivity index (χ0) is 23.5. The van der Waals surface area contributed by atoms with Gasteiger partial charge in [-0.25, -0.2) is 4.79 Å². The molecule has 8 heteroatoms. The molecule has 4 rings (SSSR count). The number of ether oxygens (including phenoxy) is 1. The minimum absolute atomic E-state index is 0.0647. The van der Waals surface area contributed by atoms with Crippen molar-refractivity contribution in [3.63, 3.8) is 0 Å². The molecular weight excluding hydrogens is 422 g/mol. The molecule has 1 N–H and O–H groups in total. The summed E-state index contributed by atoms with van der Waals surface area (Å²) in [5.41, 5.74) is 2.09. The number of esters is 1. The molecule has 2 aromatic carbocycles. The van der Waals surface area contributed by atoms with E-state index in [9.17, 15) is 19.2 Å². The molecule has 0 aliphatic carbocycles. The molecule has 2 heterocycles. The van der Waals surface area contributed by atoms with E-state index in [0.29, 0.717) is 5.39 Å². The summed E-state index contributed by atoms with van der Waals surface area (Å²) in [4.78, 5) is 51.1. The Morgan fingerprint density at radius 2 is 1.76 bits per heavy atom. The van der Waals surface area contributed by atoms with Crippen LogP contribution in [0.2, 0.25) is 0 Å². The molecule has 0 fully saturated rings. The number of hydrogen-bond acceptors (Lipinski definition) is 5. The van der Waals surface area contributed by atoms with Crippen molar-refractivity contribution in [2.45, 2.75) is 12.5 Å². The quantitative estimate of drug-likeness (QED) is 0.342. The number of benzene rings is 2. The van der Waals surface area contributed by atoms with Crippen molar-refractivity contribution in [3.05, 3.63) is 83.7 Å². The van der Waals surface area contributed by atoms with Crippen molar-refractivity contribution in [2.24, 2.45) is 0 Å². The number of fused-ring (bicyclic) bond motifs is 1. The van der Waals surface area contributed by atoms with Crippen LogP contribution in [0.4, 0.5) is 0 Å². The van der Waals surface area contributed by atoms with Crippen molar-refractivity contribution in [3.8, 4) is 0 Å². The van der Waals surface area contributed by atoms with E-state index in [2.05, 4.69) is 5.32 Å². The first-order valence-corrected chi connectivity index (χ1v) is 10.4. The van der Waals surface area contributed by atoms with E-state index in [1.165, 1.54) is 4.90 Å². The van der Waals surface area contributed by atoms with Crippen molar-refractivity contribution in [1.29, 1.82) is 0 Å². The van der Waals surface area contributed by atoms with Gasteiger partial charge in [0.25, 0.3) is 11.7 Å². The van der Waals surface area contributed by atoms with Gasteiger partial charge in [-0.3, -0.25) is 14.4 Å². The van der Waals surface area contributed by atoms with Gasteiger partial charge < -0.3 is 19.5 Å². The maximum atomic E-state index is 13.1. The molecule has 8 nitrogen and oxygen atoms in total. The summed E-state index contributed by atoms with van der Waals surface area (Å²) in [6.07, 6.45) is 2.95. The molecule has 33 heavy (non-hydrogen) atoms. The zero-order valence-corrected chi connectivity index (χ0v) is 18.3. The minimum atomic E-state index is -0.858. The summed E-state index contributed by atoms with van der Waals surface area (Å²) in [5.74, 6) is -2.23. The van der Waals surface area contributed by atoms with E-state index in [4.69, 9.17) is 4.74 Å². The van der Waals surface area contributed by atoms with Gasteiger partial charge in [0.05, 0.1) is 23.7 Å². The Kier molecular flexibility index (Phi) is 6.08. The fourth-order valence-corrected chi connectivity index (χ4v) is 3.82. The van der Waals surface area contributed by atoms with Gasteiger partial charge in [0, 0.05) is 37.3 Å². The molecule has 168 valence electrons. The summed E-state index contributed by atoms with van der Waals surface area (Å²) >= 11 is 0. The van der Waals surface area contributed by atoms with E-state index < -0.39 is 17.7 Å². The molecule has 0 radical (unpaired) electrons. The third-order valence-corrected chi connectivity index (χ3v) is 5.51. The Bertz CT molecular complexity index is 1270. The van der Waals surface area contributed by atoms with Gasteiger partial charge in [0.15, 0.2) is 0 Å². The fourth-order valence-electron chi connectivity index (χ4n) is 3.82. The number of carbonyl (C=O) groups excluding carboxylic acids is 4. The van der Waals surface area contributed by atoms with Crippen LogP contribution in [0.15, 0.2) is 72.6 Å². The average molecular weight is 445 g/mol. The van der Waals surface area contributed by atoms with Crippen LogP contribution in [0.3, 0.4) is 0 Å². The molecule has 1 atom stereocenters. The van der Waals surface area contributed by atoms with Crippen LogP contribution in [0.5, 0.6) is 0 Å². The molecule has 2 amide bonds. The monoisotopic (exact) mass is 445 g/mol. The first-order valence-electron chi connectivity index (χ1n) is 10.4. The summed E-state index contributed by atoms with van der Waals surface area (Å²) < 4.78 is 6.63. The number of hydrogen-bond donors (Lipinski definition) is 1. The van der Waals surface area contributed by atoms with Gasteiger partial charge >= 0.3 is 5.97 Å². The molecule has 1 aliphatic heterocycles. The van der Waals surface area contributed by atoms with E-state index >= 15 is 0 Å². The molecule has 1 aliphatic rings. The highest BCUT2D eigenvalue weighted by Gasteiger charge is 2.27. The number of ketones is 1. The Morgan fingerprint density at radius 3 is 2.42 bits per heavy atom. The van der Waals surface area contributed by atoms with Crippen molar-refractivity contribution >= 4 is 34.5 Å². The number of nitrogens with one attached hydrogen (secondary N) is 1. The third-order valence-electron chi connectivity index (χ3n) is 5.51. The van der Waals surface area contributed by atoms with Gasteiger partial charge in [-0.2, -0.15) is 0 Å². The number of para-hydroxylation sites is 1. The van der Waals surface area contributed by atoms with E-state index in [-0.39, 0.29) is 36.2 Å². The van der Waals surface area contributed by atoms with E-state index in [0.717, 1.165) is 17.2 Å². The van der Waals surface area contributed by atoms with Gasteiger partial charge in [-0.1, -0.05) is 48.5 Å². The standard InChI is InChI=1S/C25H23N3O5/c1-27(2)22(29)13-21(16-8-4-3-5-9-16)28-14-19(18-10-6-7-11-20(18)28)24(31)25(32)26-17-12-23(30)33-15-17/h3-12,14,21H,13,15H2,1-2H3,(H,26,32). The van der Waals surface area contributed by atoms with Gasteiger partial charge in [-0.05, 0) is 11.6 Å². The van der Waals surface area contributed by atoms with Crippen LogP contribution in [0.25, 0.3) is 10.9 Å². The van der Waals surface area contributed by atoms with Crippen LogP contribution in [-0.2, 0) is 19.1 Å². The van der Waals surface area contributed by atoms with Crippen LogP contribution in [-0.4, -0.2) is 53.7 Å². The normalized spacial score (nSPS) is 13.9. The molecule has 1 unspecified atom stereocenters. The molecule has 0 bridgehead atoms. The highest BCUT2D eigenvalue weighted by molar-refractivity contribution is 6.45. The first-order chi connectivity index (χ1) is 15.8. The summed E-state index contributed by atoms with van der Waals surface area (Å²) in [5, 5.41) is 3.05. The Morgan fingerprint density at radius 1 is 1.06 bits per heavy atom. The topological polar surface area (TPSA) is 97.7 Å². The van der Waals surface area contributed by atoms with E-state index in [1.54, 1.807) is 32.4 Å². The fraction of sp³-hybridized carbons (Fsp3) is 0.200. The number of Topliss-reactive ketones (excluding diaryl/α,β-unsaturated/α-hetero) is 1. The van der Waals surface area contributed by atoms with Crippen molar-refractivity contribution in [2.75, 3.05) is 20.7 Å². The van der Waals surface area contributed by atoms with E-state index in [1.807, 2.05) is 47.0 Å². The summed E-state index contributed by atoms with van der Waals surface area (Å²) in [6.45, 7) is -0.0810. The highest BCUT2D eigenvalue weighted by atomic mass is 16.5. The smallest absolute Gasteiger partial charge is 0.333 e. The Balaban J connectivity index is 1.75. The number of rotatable bonds is 7. The lowest BCUT2D eigenvalue weighted by atomic mass is 10.0. The summed E-state index contributed by atoms with van der Waals surface area (Å²) in [7, 11) is 3.40. The molecule has 0 saturated carbocycles. The number of nitrogens with zero attached hydrogens (tertiary/aromatic N) is 2. The molecule has 1 aromatic heterocycles. The number of amides is 2. The predicted octanol–water partition coefficient (Wildman–Crippen LogP) is 2.45. The first kappa shape index (κ1) is 22.0. The number of carbonyl (C=O) groups is 4. The van der Waals surface area contributed by atoms with Gasteiger partial charge in [-0.15, -0.1) is 0 Å². The lowest BCUT2D eigenvalue weighted by molar-refractivity contribution is -0.135. The third kappa shape index (κ3) is 4.55. The molecule has 3 aromatic rings. The van der Waals surface area contributed by atoms with Crippen molar-refractivity contribution < 1.29 is 23.9 Å². The zero-order valence-electron chi connectivity index (χ0n) is 18.3. The minimum Gasteiger partial charge on any atom is -0.456 e. The van der Waals surface area contributed by atoms with Crippen LogP contribution in [0.1, 0.15) is 28.4 Å². The van der Waals surface area contributed by atoms with Gasteiger partial charge in [0.2, 0.25) is 5.91 Å². The SMILES string of the molecule is CN(C)C(=O)CC(c1ccccc1)n1cc(C(=O)C(=O)NC2=CC(=O)OC2)c2ccccc21. The number of cyclic esters (lactones) is 1. The predicted molar refractivity (Wildman–Crippen MR) is 121 cm³/mol. The Hall–Kier alpha value is -4.20. The average Bonchev–Trinajstić information content (AvgIpc) is 3.40. The van der Waals surface area contributed by atoms with Crippen molar-refractivity contribution in [1.82, 2.24) is 14.8 Å². The van der Waals surface area contributed by atoms with Crippen LogP contribution < -0.4 is 5.32 Å². The second kappa shape index (κ2) is 9.12. The lowest BCUT2D eigenvalue weighted by Gasteiger charge is -2.22. The Labute approximate surface area is 190 Å². The maximum Gasteiger partial charge on any atom is 0.333 e. The lowest BCUT2D eigenvalue weighted by Crippen LogP contribution is -2.31. The maximum absolute atomic E-state index is 13.1. The van der Waals surface area contributed by atoms with Gasteiger partial charge in [0.1, 0.15) is 6.61 Å². The molecular formula is C25H23N3O5. The van der Waals surface area contributed by atoms with Crippen LogP contribution in [0, 0.1) is 0 Å². The second-order valence-corrected chi connectivity index (χ2v) is 7.95. The highest BCUT2D eigenvalue weighted by Crippen LogP contribution is 2.31. The van der Waals surface area contributed by atoms with Crippen LogP contribution >= 0.6 is 0 Å². The second-order valence-electron chi connectivity index (χ2n) is 7.95. The summed E-state index contributed by atoms with van der Waals surface area (Å²) in [6, 6.07) is 16.4. The number of aromatic nitrogens is 1. The molecule has 0 spiro atoms.